The zero-order valence-electron chi connectivity index (χ0n) is 16.8. The van der Waals surface area contributed by atoms with Crippen LogP contribution in [-0.4, -0.2) is 30.8 Å². The summed E-state index contributed by atoms with van der Waals surface area (Å²) >= 11 is 1.09. The Kier molecular flexibility index (Phi) is 5.73. The molecule has 2 aromatic heterocycles. The number of thioether (sulfide) groups is 1. The number of halogens is 2. The van der Waals surface area contributed by atoms with E-state index in [1.165, 1.54) is 0 Å². The number of nitrogens with zero attached hydrogens (tertiary/aromatic N) is 4. The maximum Gasteiger partial charge on any atom is 0.262 e. The molecule has 0 aliphatic rings. The van der Waals surface area contributed by atoms with E-state index in [4.69, 9.17) is 0 Å². The van der Waals surface area contributed by atoms with E-state index in [1.807, 2.05) is 19.9 Å². The molecule has 4 aromatic rings. The summed E-state index contributed by atoms with van der Waals surface area (Å²) < 4.78 is 30.4. The maximum atomic E-state index is 13.8. The van der Waals surface area contributed by atoms with Crippen LogP contribution in [0.1, 0.15) is 13.8 Å². The highest BCUT2D eigenvalue weighted by molar-refractivity contribution is 7.99. The van der Waals surface area contributed by atoms with Crippen molar-refractivity contribution in [1.82, 2.24) is 19.2 Å². The Morgan fingerprint density at radius 2 is 1.94 bits per heavy atom. The lowest BCUT2D eigenvalue weighted by molar-refractivity contribution is -0.113. The van der Waals surface area contributed by atoms with E-state index in [1.54, 1.807) is 27.2 Å². The van der Waals surface area contributed by atoms with Crippen LogP contribution >= 0.6 is 11.8 Å². The molecule has 1 amide bonds. The van der Waals surface area contributed by atoms with Crippen molar-refractivity contribution >= 4 is 40.0 Å². The van der Waals surface area contributed by atoms with Crippen LogP contribution in [0.15, 0.2) is 52.4 Å². The van der Waals surface area contributed by atoms with Crippen LogP contribution < -0.4 is 10.9 Å². The van der Waals surface area contributed by atoms with E-state index in [0.717, 1.165) is 30.0 Å². The molecular formula is C21H19F2N5O2S. The molecule has 160 valence electrons. The first-order chi connectivity index (χ1) is 14.8. The van der Waals surface area contributed by atoms with Gasteiger partial charge in [0.05, 0.1) is 22.3 Å². The molecule has 0 unspecified atom stereocenters. The van der Waals surface area contributed by atoms with Gasteiger partial charge in [0.25, 0.3) is 5.56 Å². The monoisotopic (exact) mass is 443 g/mol. The fourth-order valence-corrected chi connectivity index (χ4v) is 4.01. The molecule has 0 fully saturated rings. The van der Waals surface area contributed by atoms with Gasteiger partial charge in [0, 0.05) is 12.6 Å². The molecule has 0 radical (unpaired) electrons. The summed E-state index contributed by atoms with van der Waals surface area (Å²) in [5, 5.41) is 11.6. The minimum atomic E-state index is -0.726. The zero-order chi connectivity index (χ0) is 22.1. The van der Waals surface area contributed by atoms with Gasteiger partial charge in [-0.2, -0.15) is 0 Å². The Balaban J connectivity index is 1.67. The lowest BCUT2D eigenvalue weighted by atomic mass is 10.2. The molecule has 2 heterocycles. The SMILES string of the molecule is CC(C)Cn1c(=O)c2ccccc2n2c(SCC(=O)Nc3cc(F)ccc3F)nnc12. The Labute approximate surface area is 180 Å². The Bertz CT molecular complexity index is 1350. The molecule has 0 saturated heterocycles. The van der Waals surface area contributed by atoms with E-state index in [2.05, 4.69) is 15.5 Å². The van der Waals surface area contributed by atoms with Gasteiger partial charge in [-0.1, -0.05) is 37.7 Å². The highest BCUT2D eigenvalue weighted by atomic mass is 32.2. The van der Waals surface area contributed by atoms with Gasteiger partial charge in [-0.3, -0.25) is 18.6 Å². The average molecular weight is 443 g/mol. The summed E-state index contributed by atoms with van der Waals surface area (Å²) in [6.45, 7) is 4.47. The number of amides is 1. The second kappa shape index (κ2) is 8.46. The van der Waals surface area contributed by atoms with Crippen molar-refractivity contribution in [1.29, 1.82) is 0 Å². The Morgan fingerprint density at radius 3 is 2.71 bits per heavy atom. The number of rotatable bonds is 6. The van der Waals surface area contributed by atoms with E-state index >= 15 is 0 Å². The summed E-state index contributed by atoms with van der Waals surface area (Å²) in [6.07, 6.45) is 0. The summed E-state index contributed by atoms with van der Waals surface area (Å²) in [6, 6.07) is 9.97. The van der Waals surface area contributed by atoms with Crippen LogP contribution in [-0.2, 0) is 11.3 Å². The number of aromatic nitrogens is 4. The van der Waals surface area contributed by atoms with Crippen LogP contribution in [0.3, 0.4) is 0 Å². The molecule has 31 heavy (non-hydrogen) atoms. The van der Waals surface area contributed by atoms with E-state index in [0.29, 0.717) is 28.4 Å². The first-order valence-electron chi connectivity index (χ1n) is 9.59. The van der Waals surface area contributed by atoms with Crippen molar-refractivity contribution in [3.63, 3.8) is 0 Å². The molecule has 1 N–H and O–H groups in total. The highest BCUT2D eigenvalue weighted by Gasteiger charge is 2.18. The fraction of sp³-hybridized carbons (Fsp3) is 0.238. The standard InChI is InChI=1S/C21H19F2N5O2S/c1-12(2)10-27-19(30)14-5-3-4-6-17(14)28-20(27)25-26-21(28)31-11-18(29)24-16-9-13(22)7-8-15(16)23/h3-9,12H,10-11H2,1-2H3,(H,24,29). The molecule has 7 nitrogen and oxygen atoms in total. The van der Waals surface area contributed by atoms with Gasteiger partial charge in [0.15, 0.2) is 5.16 Å². The van der Waals surface area contributed by atoms with Gasteiger partial charge >= 0.3 is 0 Å². The lowest BCUT2D eigenvalue weighted by Gasteiger charge is -2.13. The minimum Gasteiger partial charge on any atom is -0.323 e. The van der Waals surface area contributed by atoms with Gasteiger partial charge < -0.3 is 5.32 Å². The van der Waals surface area contributed by atoms with Gasteiger partial charge in [-0.15, -0.1) is 10.2 Å². The van der Waals surface area contributed by atoms with E-state index in [-0.39, 0.29) is 22.9 Å². The Hall–Kier alpha value is -3.27. The molecule has 0 aliphatic carbocycles. The summed E-state index contributed by atoms with van der Waals surface area (Å²) in [4.78, 5) is 25.3. The van der Waals surface area contributed by atoms with E-state index < -0.39 is 17.5 Å². The molecule has 0 atom stereocenters. The third kappa shape index (κ3) is 4.15. The van der Waals surface area contributed by atoms with Crippen LogP contribution in [0.25, 0.3) is 16.7 Å². The van der Waals surface area contributed by atoms with Crippen molar-refractivity contribution in [2.45, 2.75) is 25.5 Å². The molecule has 0 bridgehead atoms. The number of hydrogen-bond acceptors (Lipinski definition) is 5. The summed E-state index contributed by atoms with van der Waals surface area (Å²) in [5.74, 6) is -1.40. The number of hydrogen-bond donors (Lipinski definition) is 1. The summed E-state index contributed by atoms with van der Waals surface area (Å²) in [5.41, 5.74) is 0.250. The smallest absolute Gasteiger partial charge is 0.262 e. The normalized spacial score (nSPS) is 11.5. The van der Waals surface area contributed by atoms with Crippen molar-refractivity contribution < 1.29 is 13.6 Å². The van der Waals surface area contributed by atoms with Crippen LogP contribution in [0, 0.1) is 17.6 Å². The minimum absolute atomic E-state index is 0.103. The van der Waals surface area contributed by atoms with Crippen LogP contribution in [0.2, 0.25) is 0 Å². The number of carbonyl (C=O) groups excluding carboxylic acids is 1. The summed E-state index contributed by atoms with van der Waals surface area (Å²) in [7, 11) is 0. The third-order valence-electron chi connectivity index (χ3n) is 4.56. The third-order valence-corrected chi connectivity index (χ3v) is 5.49. The van der Waals surface area contributed by atoms with Crippen LogP contribution in [0.4, 0.5) is 14.5 Å². The molecule has 4 rings (SSSR count). The molecule has 2 aromatic carbocycles. The number of benzene rings is 2. The first-order valence-corrected chi connectivity index (χ1v) is 10.6. The quantitative estimate of drug-likeness (QED) is 0.460. The highest BCUT2D eigenvalue weighted by Crippen LogP contribution is 2.23. The van der Waals surface area contributed by atoms with Crippen LogP contribution in [0.5, 0.6) is 0 Å². The second-order valence-electron chi connectivity index (χ2n) is 7.41. The van der Waals surface area contributed by atoms with Gasteiger partial charge in [-0.25, -0.2) is 8.78 Å². The number of nitrogens with one attached hydrogen (secondary N) is 1. The van der Waals surface area contributed by atoms with Gasteiger partial charge in [0.2, 0.25) is 11.7 Å². The number of anilines is 1. The lowest BCUT2D eigenvalue weighted by Crippen LogP contribution is -2.25. The Morgan fingerprint density at radius 1 is 1.16 bits per heavy atom. The van der Waals surface area contributed by atoms with Gasteiger partial charge in [0.1, 0.15) is 11.6 Å². The molecule has 10 heteroatoms. The zero-order valence-corrected chi connectivity index (χ0v) is 17.6. The van der Waals surface area contributed by atoms with Crippen molar-refractivity contribution in [2.24, 2.45) is 5.92 Å². The molecule has 0 aliphatic heterocycles. The molecule has 0 spiro atoms. The fourth-order valence-electron chi connectivity index (χ4n) is 3.27. The number of para-hydroxylation sites is 1. The first kappa shape index (κ1) is 21.0. The second-order valence-corrected chi connectivity index (χ2v) is 8.35. The topological polar surface area (TPSA) is 81.3 Å². The largest absolute Gasteiger partial charge is 0.323 e. The predicted octanol–water partition coefficient (Wildman–Crippen LogP) is 3.71. The molecule has 0 saturated carbocycles. The van der Waals surface area contributed by atoms with Crippen molar-refractivity contribution in [3.05, 3.63) is 64.5 Å². The average Bonchev–Trinajstić information content (AvgIpc) is 3.16. The van der Waals surface area contributed by atoms with Gasteiger partial charge in [-0.05, 0) is 30.2 Å². The predicted molar refractivity (Wildman–Crippen MR) is 115 cm³/mol. The molecular weight excluding hydrogens is 424 g/mol. The number of fused-ring (bicyclic) bond motifs is 3. The van der Waals surface area contributed by atoms with E-state index in [9.17, 15) is 18.4 Å². The number of carbonyl (C=O) groups is 1. The van der Waals surface area contributed by atoms with Crippen molar-refractivity contribution in [2.75, 3.05) is 11.1 Å². The van der Waals surface area contributed by atoms with Crippen molar-refractivity contribution in [3.8, 4) is 0 Å². The maximum absolute atomic E-state index is 13.8.